The van der Waals surface area contributed by atoms with Crippen molar-refractivity contribution in [2.24, 2.45) is 0 Å². The predicted molar refractivity (Wildman–Crippen MR) is 160 cm³/mol. The van der Waals surface area contributed by atoms with E-state index in [1.54, 1.807) is 0 Å². The first-order chi connectivity index (χ1) is 18.3. The lowest BCUT2D eigenvalue weighted by Gasteiger charge is -2.42. The predicted octanol–water partition coefficient (Wildman–Crippen LogP) is 7.38. The number of benzene rings is 2. The van der Waals surface area contributed by atoms with Crippen molar-refractivity contribution in [2.45, 2.75) is 76.7 Å². The lowest BCUT2D eigenvalue weighted by Crippen LogP contribution is -2.38. The van der Waals surface area contributed by atoms with Gasteiger partial charge in [-0.1, -0.05) is 58.0 Å². The second-order valence-electron chi connectivity index (χ2n) is 12.9. The Morgan fingerprint density at radius 3 is 2.37 bits per heavy atom. The van der Waals surface area contributed by atoms with Gasteiger partial charge in [0.05, 0.1) is 23.9 Å². The second kappa shape index (κ2) is 10.4. The van der Waals surface area contributed by atoms with Gasteiger partial charge in [0.1, 0.15) is 0 Å². The van der Waals surface area contributed by atoms with Gasteiger partial charge in [0.25, 0.3) is 0 Å². The highest BCUT2D eigenvalue weighted by atomic mass is 32.1. The van der Waals surface area contributed by atoms with Crippen molar-refractivity contribution in [3.05, 3.63) is 69.5 Å². The van der Waals surface area contributed by atoms with Crippen molar-refractivity contribution in [3.63, 3.8) is 0 Å². The summed E-state index contributed by atoms with van der Waals surface area (Å²) in [5.74, 6) is 0.576. The van der Waals surface area contributed by atoms with Crippen LogP contribution < -0.4 is 4.90 Å². The quantitative estimate of drug-likeness (QED) is 0.345. The van der Waals surface area contributed by atoms with E-state index in [0.717, 1.165) is 51.6 Å². The zero-order chi connectivity index (χ0) is 26.3. The summed E-state index contributed by atoms with van der Waals surface area (Å²) < 4.78 is 5.58. The summed E-state index contributed by atoms with van der Waals surface area (Å²) in [5, 5.41) is 3.62. The van der Waals surface area contributed by atoms with Crippen LogP contribution in [0.3, 0.4) is 0 Å². The molecule has 0 amide bonds. The van der Waals surface area contributed by atoms with Gasteiger partial charge in [-0.2, -0.15) is 0 Å². The maximum absolute atomic E-state index is 5.58. The number of hydrogen-bond donors (Lipinski definition) is 0. The molecule has 2 aliphatic heterocycles. The zero-order valence-electron chi connectivity index (χ0n) is 23.6. The van der Waals surface area contributed by atoms with E-state index in [0.29, 0.717) is 5.92 Å². The van der Waals surface area contributed by atoms with Crippen LogP contribution in [0.15, 0.2) is 47.8 Å². The average molecular weight is 530 g/mol. The number of anilines is 1. The van der Waals surface area contributed by atoms with Crippen LogP contribution in [0.1, 0.15) is 81.0 Å². The Labute approximate surface area is 233 Å². The number of ether oxygens (including phenoxy) is 1. The minimum absolute atomic E-state index is 0.229. The van der Waals surface area contributed by atoms with Crippen molar-refractivity contribution >= 4 is 17.0 Å². The smallest absolute Gasteiger partial charge is 0.0964 e. The van der Waals surface area contributed by atoms with Gasteiger partial charge in [-0.05, 0) is 78.4 Å². The third-order valence-electron chi connectivity index (χ3n) is 9.34. The Morgan fingerprint density at radius 2 is 1.61 bits per heavy atom. The Hall–Kier alpha value is -2.21. The normalized spacial score (nSPS) is 21.8. The third kappa shape index (κ3) is 5.17. The molecule has 0 unspecified atom stereocenters. The first-order valence-electron chi connectivity index (χ1n) is 14.5. The van der Waals surface area contributed by atoms with Crippen LogP contribution in [-0.4, -0.2) is 49.3 Å². The molecule has 202 valence electrons. The molecule has 3 aliphatic rings. The summed E-state index contributed by atoms with van der Waals surface area (Å²) in [6.07, 6.45) is 4.88. The molecular formula is C33H43N3OS. The molecule has 1 aromatic heterocycles. The molecule has 5 heteroatoms. The van der Waals surface area contributed by atoms with Crippen LogP contribution in [0.5, 0.6) is 0 Å². The van der Waals surface area contributed by atoms with Crippen LogP contribution >= 0.6 is 11.3 Å². The fraction of sp³-hybridized carbons (Fsp3) is 0.545. The van der Waals surface area contributed by atoms with E-state index < -0.39 is 0 Å². The van der Waals surface area contributed by atoms with Crippen molar-refractivity contribution in [1.82, 2.24) is 9.88 Å². The molecule has 2 aromatic carbocycles. The molecule has 3 heterocycles. The van der Waals surface area contributed by atoms with Crippen LogP contribution in [0, 0.1) is 0 Å². The summed E-state index contributed by atoms with van der Waals surface area (Å²) in [7, 11) is 0. The molecule has 3 aromatic rings. The maximum atomic E-state index is 5.58. The number of nitrogens with zero attached hydrogens (tertiary/aromatic N) is 3. The van der Waals surface area contributed by atoms with Gasteiger partial charge in [-0.25, -0.2) is 4.98 Å². The fourth-order valence-corrected chi connectivity index (χ4v) is 7.69. The summed E-state index contributed by atoms with van der Waals surface area (Å²) in [6, 6.07) is 16.1. The van der Waals surface area contributed by atoms with Gasteiger partial charge in [-0.15, -0.1) is 11.3 Å². The lowest BCUT2D eigenvalue weighted by atomic mass is 9.63. The van der Waals surface area contributed by atoms with Crippen LogP contribution in [0.2, 0.25) is 0 Å². The Balaban J connectivity index is 1.12. The number of likely N-dealkylation sites (tertiary alicyclic amines) is 1. The minimum Gasteiger partial charge on any atom is -0.378 e. The topological polar surface area (TPSA) is 28.6 Å². The molecule has 1 aliphatic carbocycles. The van der Waals surface area contributed by atoms with Gasteiger partial charge < -0.3 is 9.64 Å². The SMILES string of the molecule is CC1(C)CCC(C)(C)c2cc(-c3csc(C4CCN(Cc5ccccc5N5CCOCC5)CC4)n3)ccc21. The highest BCUT2D eigenvalue weighted by Crippen LogP contribution is 2.47. The molecule has 2 fully saturated rings. The summed E-state index contributed by atoms with van der Waals surface area (Å²) >= 11 is 1.87. The second-order valence-corrected chi connectivity index (χ2v) is 13.8. The summed E-state index contributed by atoms with van der Waals surface area (Å²) in [6.45, 7) is 16.6. The number of hydrogen-bond acceptors (Lipinski definition) is 5. The number of fused-ring (bicyclic) bond motifs is 1. The van der Waals surface area contributed by atoms with E-state index >= 15 is 0 Å². The van der Waals surface area contributed by atoms with E-state index in [-0.39, 0.29) is 10.8 Å². The van der Waals surface area contributed by atoms with Crippen LogP contribution in [0.25, 0.3) is 11.3 Å². The van der Waals surface area contributed by atoms with Gasteiger partial charge >= 0.3 is 0 Å². The number of aromatic nitrogens is 1. The molecule has 0 atom stereocenters. The molecule has 0 bridgehead atoms. The fourth-order valence-electron chi connectivity index (χ4n) is 6.69. The van der Waals surface area contributed by atoms with E-state index in [4.69, 9.17) is 9.72 Å². The summed E-state index contributed by atoms with van der Waals surface area (Å²) in [4.78, 5) is 10.3. The van der Waals surface area contributed by atoms with Gasteiger partial charge in [0.15, 0.2) is 0 Å². The Morgan fingerprint density at radius 1 is 0.895 bits per heavy atom. The van der Waals surface area contributed by atoms with Gasteiger partial charge in [0.2, 0.25) is 0 Å². The summed E-state index contributed by atoms with van der Waals surface area (Å²) in [5.41, 5.74) is 8.81. The minimum atomic E-state index is 0.229. The van der Waals surface area contributed by atoms with E-state index in [2.05, 4.69) is 85.3 Å². The van der Waals surface area contributed by atoms with Crippen molar-refractivity contribution < 1.29 is 4.74 Å². The van der Waals surface area contributed by atoms with E-state index in [1.165, 1.54) is 58.6 Å². The molecule has 4 nitrogen and oxygen atoms in total. The highest BCUT2D eigenvalue weighted by molar-refractivity contribution is 7.10. The van der Waals surface area contributed by atoms with Gasteiger partial charge in [-0.3, -0.25) is 4.90 Å². The first-order valence-corrected chi connectivity index (χ1v) is 15.4. The van der Waals surface area contributed by atoms with Crippen LogP contribution in [0.4, 0.5) is 5.69 Å². The van der Waals surface area contributed by atoms with Crippen molar-refractivity contribution in [3.8, 4) is 11.3 Å². The first kappa shape index (κ1) is 26.0. The number of para-hydroxylation sites is 1. The lowest BCUT2D eigenvalue weighted by molar-refractivity contribution is 0.122. The molecule has 0 N–H and O–H groups in total. The van der Waals surface area contributed by atoms with Crippen molar-refractivity contribution in [1.29, 1.82) is 0 Å². The van der Waals surface area contributed by atoms with E-state index in [1.807, 2.05) is 11.3 Å². The molecule has 0 saturated carbocycles. The number of piperidine rings is 1. The molecule has 0 spiro atoms. The number of thiazole rings is 1. The van der Waals surface area contributed by atoms with Gasteiger partial charge in [0, 0.05) is 42.2 Å². The molecular weight excluding hydrogens is 486 g/mol. The molecule has 38 heavy (non-hydrogen) atoms. The maximum Gasteiger partial charge on any atom is 0.0964 e. The monoisotopic (exact) mass is 529 g/mol. The number of rotatable bonds is 5. The Kier molecular flexibility index (Phi) is 7.13. The largest absolute Gasteiger partial charge is 0.378 e. The molecule has 0 radical (unpaired) electrons. The van der Waals surface area contributed by atoms with Crippen molar-refractivity contribution in [2.75, 3.05) is 44.3 Å². The molecule has 2 saturated heterocycles. The third-order valence-corrected chi connectivity index (χ3v) is 10.4. The zero-order valence-corrected chi connectivity index (χ0v) is 24.4. The number of morpholine rings is 1. The Bertz CT molecular complexity index is 1260. The molecule has 6 rings (SSSR count). The average Bonchev–Trinajstić information content (AvgIpc) is 3.43. The standard InChI is InChI=1S/C33H43N3OS/c1-32(2)13-14-33(3,4)28-21-25(9-10-27(28)32)29-23-38-31(34-29)24-11-15-35(16-12-24)22-26-7-5-6-8-30(26)36-17-19-37-20-18-36/h5-10,21,23-24H,11-20,22H2,1-4H3. The van der Waals surface area contributed by atoms with E-state index in [9.17, 15) is 0 Å². The van der Waals surface area contributed by atoms with Crippen LogP contribution in [-0.2, 0) is 22.1 Å². The highest BCUT2D eigenvalue weighted by Gasteiger charge is 2.37.